The summed E-state index contributed by atoms with van der Waals surface area (Å²) in [6, 6.07) is 25.8. The third kappa shape index (κ3) is 4.83. The molecule has 3 aromatic carbocycles. The molecular formula is C26H23NO4. The van der Waals surface area contributed by atoms with E-state index in [0.29, 0.717) is 30.7 Å². The van der Waals surface area contributed by atoms with E-state index < -0.39 is 0 Å². The fourth-order valence-electron chi connectivity index (χ4n) is 3.34. The highest BCUT2D eigenvalue weighted by Crippen LogP contribution is 2.18. The van der Waals surface area contributed by atoms with E-state index in [2.05, 4.69) is 0 Å². The highest BCUT2D eigenvalue weighted by atomic mass is 16.5. The second kappa shape index (κ2) is 9.30. The molecule has 0 aliphatic carbocycles. The van der Waals surface area contributed by atoms with Crippen LogP contribution in [0.25, 0.3) is 11.0 Å². The molecule has 156 valence electrons. The molecule has 1 aromatic heterocycles. The van der Waals surface area contributed by atoms with Crippen LogP contribution in [-0.2, 0) is 13.2 Å². The van der Waals surface area contributed by atoms with Crippen LogP contribution in [0.2, 0.25) is 0 Å². The molecule has 0 aliphatic heterocycles. The Bertz CT molecular complexity index is 1230. The third-order valence-electron chi connectivity index (χ3n) is 5.06. The van der Waals surface area contributed by atoms with E-state index in [4.69, 9.17) is 9.15 Å². The van der Waals surface area contributed by atoms with Crippen LogP contribution in [0.4, 0.5) is 0 Å². The normalized spacial score (nSPS) is 10.7. The zero-order valence-electron chi connectivity index (χ0n) is 17.3. The van der Waals surface area contributed by atoms with Crippen LogP contribution < -0.4 is 10.2 Å². The van der Waals surface area contributed by atoms with Crippen LogP contribution in [-0.4, -0.2) is 17.4 Å². The molecule has 0 atom stereocenters. The van der Waals surface area contributed by atoms with Gasteiger partial charge in [-0.3, -0.25) is 9.59 Å². The molecule has 5 nitrogen and oxygen atoms in total. The van der Waals surface area contributed by atoms with E-state index in [1.54, 1.807) is 29.2 Å². The highest BCUT2D eigenvalue weighted by Gasteiger charge is 2.19. The van der Waals surface area contributed by atoms with Gasteiger partial charge >= 0.3 is 0 Å². The number of carbonyl (C=O) groups is 1. The Hall–Kier alpha value is -3.86. The van der Waals surface area contributed by atoms with Crippen LogP contribution in [0.15, 0.2) is 94.1 Å². The number of fused-ring (bicyclic) bond motifs is 1. The number of ether oxygens (including phenoxy) is 1. The van der Waals surface area contributed by atoms with Gasteiger partial charge in [-0.15, -0.1) is 0 Å². The van der Waals surface area contributed by atoms with Gasteiger partial charge in [0.15, 0.2) is 11.2 Å². The van der Waals surface area contributed by atoms with Crippen molar-refractivity contribution < 1.29 is 13.9 Å². The van der Waals surface area contributed by atoms with Crippen molar-refractivity contribution in [3.8, 4) is 5.75 Å². The van der Waals surface area contributed by atoms with Crippen LogP contribution in [0.3, 0.4) is 0 Å². The van der Waals surface area contributed by atoms with Crippen molar-refractivity contribution in [3.05, 3.63) is 112 Å². The number of benzene rings is 3. The maximum atomic E-state index is 13.0. The van der Waals surface area contributed by atoms with Crippen LogP contribution >= 0.6 is 0 Å². The van der Waals surface area contributed by atoms with Gasteiger partial charge in [0.1, 0.15) is 17.9 Å². The molecule has 0 saturated heterocycles. The minimum absolute atomic E-state index is 0.0494. The minimum Gasteiger partial charge on any atom is -0.489 e. The first-order valence-corrected chi connectivity index (χ1v) is 10.2. The van der Waals surface area contributed by atoms with Crippen molar-refractivity contribution >= 4 is 16.9 Å². The van der Waals surface area contributed by atoms with Gasteiger partial charge in [-0.2, -0.15) is 0 Å². The van der Waals surface area contributed by atoms with Gasteiger partial charge in [0.2, 0.25) is 0 Å². The molecule has 5 heteroatoms. The van der Waals surface area contributed by atoms with Crippen LogP contribution in [0.1, 0.15) is 28.6 Å². The van der Waals surface area contributed by atoms with Crippen molar-refractivity contribution in [2.75, 3.05) is 6.54 Å². The zero-order valence-corrected chi connectivity index (χ0v) is 17.3. The maximum absolute atomic E-state index is 13.0. The summed E-state index contributed by atoms with van der Waals surface area (Å²) in [5.74, 6) is 0.505. The molecule has 31 heavy (non-hydrogen) atoms. The van der Waals surface area contributed by atoms with Gasteiger partial charge in [0.05, 0.1) is 5.39 Å². The average Bonchev–Trinajstić information content (AvgIpc) is 2.82. The smallest absolute Gasteiger partial charge is 0.290 e. The first kappa shape index (κ1) is 20.4. The van der Waals surface area contributed by atoms with E-state index in [1.807, 2.05) is 61.5 Å². The van der Waals surface area contributed by atoms with Crippen LogP contribution in [0, 0.1) is 0 Å². The molecule has 0 spiro atoms. The topological polar surface area (TPSA) is 59.8 Å². The van der Waals surface area contributed by atoms with Gasteiger partial charge in [-0.1, -0.05) is 54.6 Å². The highest BCUT2D eigenvalue weighted by molar-refractivity contribution is 5.93. The molecular weight excluding hydrogens is 390 g/mol. The number of hydrogen-bond donors (Lipinski definition) is 0. The SMILES string of the molecule is CCN(Cc1ccc(OCc2ccccc2)cc1)C(=O)c1cc(=O)c2ccccc2o1. The number of rotatable bonds is 7. The second-order valence-electron chi connectivity index (χ2n) is 7.21. The zero-order chi connectivity index (χ0) is 21.6. The van der Waals surface area contributed by atoms with Gasteiger partial charge in [0.25, 0.3) is 5.91 Å². The molecule has 0 N–H and O–H groups in total. The molecule has 1 heterocycles. The van der Waals surface area contributed by atoms with Gasteiger partial charge in [-0.25, -0.2) is 0 Å². The molecule has 0 unspecified atom stereocenters. The summed E-state index contributed by atoms with van der Waals surface area (Å²) in [6.45, 7) is 3.29. The standard InChI is InChI=1S/C26H23NO4/c1-2-27(26(29)25-16-23(28)22-10-6-7-11-24(22)31-25)17-19-12-14-21(15-13-19)30-18-20-8-4-3-5-9-20/h3-16H,2,17-18H2,1H3. The van der Waals surface area contributed by atoms with Gasteiger partial charge < -0.3 is 14.1 Å². The predicted octanol–water partition coefficient (Wildman–Crippen LogP) is 5.03. The van der Waals surface area contributed by atoms with Crippen molar-refractivity contribution in [1.82, 2.24) is 4.90 Å². The molecule has 0 saturated carbocycles. The first-order chi connectivity index (χ1) is 15.1. The number of hydrogen-bond acceptors (Lipinski definition) is 4. The second-order valence-corrected chi connectivity index (χ2v) is 7.21. The Morgan fingerprint density at radius 1 is 0.903 bits per heavy atom. The summed E-state index contributed by atoms with van der Waals surface area (Å²) in [7, 11) is 0. The Kier molecular flexibility index (Phi) is 6.13. The summed E-state index contributed by atoms with van der Waals surface area (Å²) in [6.07, 6.45) is 0. The lowest BCUT2D eigenvalue weighted by atomic mass is 10.2. The first-order valence-electron chi connectivity index (χ1n) is 10.2. The number of nitrogens with zero attached hydrogens (tertiary/aromatic N) is 1. The Labute approximate surface area is 180 Å². The number of para-hydroxylation sites is 1. The van der Waals surface area contributed by atoms with Crippen LogP contribution in [0.5, 0.6) is 5.75 Å². The van der Waals surface area contributed by atoms with Crippen molar-refractivity contribution in [2.45, 2.75) is 20.1 Å². The fraction of sp³-hybridized carbons (Fsp3) is 0.154. The fourth-order valence-corrected chi connectivity index (χ4v) is 3.34. The van der Waals surface area contributed by atoms with E-state index in [1.165, 1.54) is 6.07 Å². The molecule has 0 fully saturated rings. The summed E-state index contributed by atoms with van der Waals surface area (Å²) >= 11 is 0. The average molecular weight is 413 g/mol. The summed E-state index contributed by atoms with van der Waals surface area (Å²) in [5.41, 5.74) is 2.26. The lowest BCUT2D eigenvalue weighted by Crippen LogP contribution is -2.30. The lowest BCUT2D eigenvalue weighted by molar-refractivity contribution is 0.0721. The van der Waals surface area contributed by atoms with E-state index in [9.17, 15) is 9.59 Å². The van der Waals surface area contributed by atoms with Crippen molar-refractivity contribution in [2.24, 2.45) is 0 Å². The summed E-state index contributed by atoms with van der Waals surface area (Å²) in [4.78, 5) is 26.9. The van der Waals surface area contributed by atoms with Gasteiger partial charge in [0, 0.05) is 19.2 Å². The Morgan fingerprint density at radius 2 is 1.61 bits per heavy atom. The number of amides is 1. The van der Waals surface area contributed by atoms with Crippen molar-refractivity contribution in [3.63, 3.8) is 0 Å². The summed E-state index contributed by atoms with van der Waals surface area (Å²) in [5, 5.41) is 0.466. The maximum Gasteiger partial charge on any atom is 0.290 e. The van der Waals surface area contributed by atoms with E-state index >= 15 is 0 Å². The molecule has 1 amide bonds. The Morgan fingerprint density at radius 3 is 2.35 bits per heavy atom. The molecule has 0 radical (unpaired) electrons. The predicted molar refractivity (Wildman–Crippen MR) is 120 cm³/mol. The minimum atomic E-state index is -0.310. The quantitative estimate of drug-likeness (QED) is 0.426. The van der Waals surface area contributed by atoms with E-state index in [0.717, 1.165) is 16.9 Å². The molecule has 0 aliphatic rings. The monoisotopic (exact) mass is 413 g/mol. The molecule has 4 aromatic rings. The summed E-state index contributed by atoms with van der Waals surface area (Å²) < 4.78 is 11.5. The largest absolute Gasteiger partial charge is 0.489 e. The van der Waals surface area contributed by atoms with Crippen molar-refractivity contribution in [1.29, 1.82) is 0 Å². The van der Waals surface area contributed by atoms with Gasteiger partial charge in [-0.05, 0) is 42.3 Å². The molecule has 0 bridgehead atoms. The van der Waals surface area contributed by atoms with E-state index in [-0.39, 0.29) is 17.1 Å². The Balaban J connectivity index is 1.45. The lowest BCUT2D eigenvalue weighted by Gasteiger charge is -2.20. The number of carbonyl (C=O) groups excluding carboxylic acids is 1. The molecule has 4 rings (SSSR count). The third-order valence-corrected chi connectivity index (χ3v) is 5.06.